The normalized spacial score (nSPS) is 10.4. The molecule has 0 bridgehead atoms. The van der Waals surface area contributed by atoms with Crippen molar-refractivity contribution in [2.75, 3.05) is 5.73 Å². The van der Waals surface area contributed by atoms with Gasteiger partial charge in [0.1, 0.15) is 0 Å². The Bertz CT molecular complexity index is 581. The van der Waals surface area contributed by atoms with Gasteiger partial charge in [-0.15, -0.1) is 0 Å². The van der Waals surface area contributed by atoms with Crippen LogP contribution >= 0.6 is 0 Å². The average Bonchev–Trinajstić information content (AvgIpc) is 2.30. The van der Waals surface area contributed by atoms with E-state index in [0.29, 0.717) is 0 Å². The van der Waals surface area contributed by atoms with Crippen molar-refractivity contribution in [3.05, 3.63) is 30.3 Å². The number of phenolic OH excluding ortho intramolecular Hbond substituents is 4. The lowest BCUT2D eigenvalue weighted by Crippen LogP contribution is -1.91. The molecule has 2 aromatic carbocycles. The Morgan fingerprint density at radius 2 is 1.41 bits per heavy atom. The van der Waals surface area contributed by atoms with E-state index >= 15 is 0 Å². The van der Waals surface area contributed by atoms with Gasteiger partial charge in [-0.05, 0) is 18.2 Å². The number of anilines is 1. The van der Waals surface area contributed by atoms with E-state index in [4.69, 9.17) is 5.73 Å². The summed E-state index contributed by atoms with van der Waals surface area (Å²) < 4.78 is 0. The van der Waals surface area contributed by atoms with Crippen LogP contribution in [0.15, 0.2) is 30.3 Å². The molecule has 88 valence electrons. The first-order valence-electron chi connectivity index (χ1n) is 4.84. The van der Waals surface area contributed by atoms with Crippen LogP contribution in [-0.4, -0.2) is 20.4 Å². The molecule has 0 aliphatic rings. The van der Waals surface area contributed by atoms with E-state index in [9.17, 15) is 20.4 Å². The molecule has 0 aliphatic carbocycles. The summed E-state index contributed by atoms with van der Waals surface area (Å²) in [5.41, 5.74) is 6.09. The van der Waals surface area contributed by atoms with Crippen molar-refractivity contribution in [1.82, 2.24) is 0 Å². The number of para-hydroxylation sites is 1. The molecule has 0 saturated heterocycles. The fraction of sp³-hybridized carbons (Fsp3) is 0. The summed E-state index contributed by atoms with van der Waals surface area (Å²) >= 11 is 0. The number of phenols is 4. The van der Waals surface area contributed by atoms with E-state index < -0.39 is 11.5 Å². The Kier molecular flexibility index (Phi) is 2.44. The molecule has 0 unspecified atom stereocenters. The van der Waals surface area contributed by atoms with E-state index in [0.717, 1.165) is 0 Å². The van der Waals surface area contributed by atoms with Gasteiger partial charge in [0, 0.05) is 11.3 Å². The van der Waals surface area contributed by atoms with Crippen LogP contribution in [0.3, 0.4) is 0 Å². The maximum absolute atomic E-state index is 9.72. The Morgan fingerprint density at radius 1 is 0.765 bits per heavy atom. The van der Waals surface area contributed by atoms with Crippen molar-refractivity contribution in [3.8, 4) is 34.1 Å². The second-order valence-corrected chi connectivity index (χ2v) is 3.57. The molecule has 0 aliphatic heterocycles. The van der Waals surface area contributed by atoms with Crippen LogP contribution in [-0.2, 0) is 0 Å². The molecule has 17 heavy (non-hydrogen) atoms. The van der Waals surface area contributed by atoms with Gasteiger partial charge in [-0.1, -0.05) is 12.1 Å². The second kappa shape index (κ2) is 3.79. The number of benzene rings is 2. The van der Waals surface area contributed by atoms with Gasteiger partial charge in [0.15, 0.2) is 23.0 Å². The van der Waals surface area contributed by atoms with Crippen molar-refractivity contribution < 1.29 is 20.4 Å². The van der Waals surface area contributed by atoms with Gasteiger partial charge in [-0.3, -0.25) is 0 Å². The summed E-state index contributed by atoms with van der Waals surface area (Å²) in [6.45, 7) is 0. The first kappa shape index (κ1) is 10.9. The van der Waals surface area contributed by atoms with E-state index in [2.05, 4.69) is 0 Å². The van der Waals surface area contributed by atoms with Gasteiger partial charge >= 0.3 is 0 Å². The number of nitrogens with two attached hydrogens (primary N) is 1. The molecule has 5 heteroatoms. The van der Waals surface area contributed by atoms with E-state index in [1.165, 1.54) is 30.3 Å². The molecule has 0 spiro atoms. The molecule has 6 N–H and O–H groups in total. The first-order valence-corrected chi connectivity index (χ1v) is 4.84. The van der Waals surface area contributed by atoms with E-state index in [-0.39, 0.29) is 28.3 Å². The smallest absolute Gasteiger partial charge is 0.167 e. The van der Waals surface area contributed by atoms with Gasteiger partial charge in [0.25, 0.3) is 0 Å². The van der Waals surface area contributed by atoms with E-state index in [1.54, 1.807) is 0 Å². The molecular weight excluding hydrogens is 222 g/mol. The molecule has 0 radical (unpaired) electrons. The van der Waals surface area contributed by atoms with Crippen LogP contribution in [0.25, 0.3) is 11.1 Å². The second-order valence-electron chi connectivity index (χ2n) is 3.57. The summed E-state index contributed by atoms with van der Waals surface area (Å²) in [7, 11) is 0. The highest BCUT2D eigenvalue weighted by Gasteiger charge is 2.17. The van der Waals surface area contributed by atoms with Gasteiger partial charge in [0.05, 0.1) is 5.56 Å². The minimum absolute atomic E-state index is 0.0819. The highest BCUT2D eigenvalue weighted by molar-refractivity contribution is 5.88. The Balaban J connectivity index is 2.77. The molecule has 0 fully saturated rings. The van der Waals surface area contributed by atoms with Crippen molar-refractivity contribution in [2.24, 2.45) is 0 Å². The molecule has 5 nitrogen and oxygen atoms in total. The fourth-order valence-electron chi connectivity index (χ4n) is 1.61. The zero-order valence-corrected chi connectivity index (χ0v) is 8.75. The zero-order valence-electron chi connectivity index (χ0n) is 8.75. The fourth-order valence-corrected chi connectivity index (χ4v) is 1.61. The maximum atomic E-state index is 9.72. The van der Waals surface area contributed by atoms with Crippen LogP contribution in [0.1, 0.15) is 0 Å². The Labute approximate surface area is 97.0 Å². The number of rotatable bonds is 1. The zero-order chi connectivity index (χ0) is 12.6. The molecule has 0 heterocycles. The highest BCUT2D eigenvalue weighted by Crippen LogP contribution is 2.46. The third kappa shape index (κ3) is 1.67. The third-order valence-electron chi connectivity index (χ3n) is 2.47. The van der Waals surface area contributed by atoms with Crippen LogP contribution in [0, 0.1) is 0 Å². The van der Waals surface area contributed by atoms with Crippen LogP contribution in [0.5, 0.6) is 23.0 Å². The van der Waals surface area contributed by atoms with Crippen molar-refractivity contribution in [2.45, 2.75) is 0 Å². The lowest BCUT2D eigenvalue weighted by Gasteiger charge is -2.11. The SMILES string of the molecule is Nc1ccc(O)c(O)c1-c1cccc(O)c1O. The maximum Gasteiger partial charge on any atom is 0.167 e. The Morgan fingerprint density at radius 3 is 2.12 bits per heavy atom. The standard InChI is InChI=1S/C12H11NO4/c13-7-4-5-9(15)12(17)10(7)6-2-1-3-8(14)11(6)16/h1-5,14-17H,13H2. The topological polar surface area (TPSA) is 107 Å². The van der Waals surface area contributed by atoms with Gasteiger partial charge in [-0.2, -0.15) is 0 Å². The summed E-state index contributed by atoms with van der Waals surface area (Å²) in [4.78, 5) is 0. The molecule has 2 aromatic rings. The molecule has 2 rings (SSSR count). The van der Waals surface area contributed by atoms with Gasteiger partial charge in [0.2, 0.25) is 0 Å². The number of nitrogen functional groups attached to an aromatic ring is 1. The van der Waals surface area contributed by atoms with Gasteiger partial charge < -0.3 is 26.2 Å². The predicted octanol–water partition coefficient (Wildman–Crippen LogP) is 1.76. The number of aromatic hydroxyl groups is 4. The summed E-state index contributed by atoms with van der Waals surface area (Å²) in [6, 6.07) is 6.91. The quantitative estimate of drug-likeness (QED) is 0.293. The molecule has 0 aromatic heterocycles. The molecular formula is C12H11NO4. The van der Waals surface area contributed by atoms with Crippen molar-refractivity contribution >= 4 is 5.69 Å². The lowest BCUT2D eigenvalue weighted by molar-refractivity contribution is 0.400. The number of hydrogen-bond donors (Lipinski definition) is 5. The third-order valence-corrected chi connectivity index (χ3v) is 2.47. The minimum atomic E-state index is -0.439. The summed E-state index contributed by atoms with van der Waals surface area (Å²) in [5.74, 6) is -1.52. The van der Waals surface area contributed by atoms with Crippen LogP contribution in [0.4, 0.5) is 5.69 Å². The van der Waals surface area contributed by atoms with Crippen molar-refractivity contribution in [1.29, 1.82) is 0 Å². The van der Waals surface area contributed by atoms with Crippen LogP contribution in [0.2, 0.25) is 0 Å². The predicted molar refractivity (Wildman–Crippen MR) is 62.9 cm³/mol. The Hall–Kier alpha value is -2.56. The lowest BCUT2D eigenvalue weighted by atomic mass is 10.0. The monoisotopic (exact) mass is 233 g/mol. The summed E-state index contributed by atoms with van der Waals surface area (Å²) in [6.07, 6.45) is 0. The highest BCUT2D eigenvalue weighted by atomic mass is 16.3. The minimum Gasteiger partial charge on any atom is -0.504 e. The van der Waals surface area contributed by atoms with Crippen molar-refractivity contribution in [3.63, 3.8) is 0 Å². The number of hydrogen-bond acceptors (Lipinski definition) is 5. The van der Waals surface area contributed by atoms with E-state index in [1.807, 2.05) is 0 Å². The molecule has 0 amide bonds. The molecule has 0 atom stereocenters. The average molecular weight is 233 g/mol. The summed E-state index contributed by atoms with van der Waals surface area (Å²) in [5, 5.41) is 38.2. The first-order chi connectivity index (χ1) is 8.02. The molecule has 0 saturated carbocycles. The van der Waals surface area contributed by atoms with Gasteiger partial charge in [-0.25, -0.2) is 0 Å². The van der Waals surface area contributed by atoms with Crippen LogP contribution < -0.4 is 5.73 Å². The largest absolute Gasteiger partial charge is 0.504 e.